The van der Waals surface area contributed by atoms with Crippen molar-refractivity contribution in [3.05, 3.63) is 29.8 Å². The van der Waals surface area contributed by atoms with Crippen LogP contribution >= 0.6 is 0 Å². The van der Waals surface area contributed by atoms with Crippen LogP contribution < -0.4 is 4.90 Å². The van der Waals surface area contributed by atoms with Crippen molar-refractivity contribution in [1.29, 1.82) is 5.26 Å². The molecule has 1 saturated heterocycles. The molecule has 1 unspecified atom stereocenters. The van der Waals surface area contributed by atoms with Gasteiger partial charge in [0.05, 0.1) is 11.6 Å². The first kappa shape index (κ1) is 13.4. The summed E-state index contributed by atoms with van der Waals surface area (Å²) in [5.74, 6) is -0.279. The summed E-state index contributed by atoms with van der Waals surface area (Å²) >= 11 is 0. The Balaban J connectivity index is 2.00. The van der Waals surface area contributed by atoms with Gasteiger partial charge in [-0.2, -0.15) is 5.26 Å². The number of carbonyl (C=O) groups is 1. The maximum Gasteiger partial charge on any atom is 0.303 e. The minimum absolute atomic E-state index is 0.247. The highest BCUT2D eigenvalue weighted by atomic mass is 16.4. The van der Waals surface area contributed by atoms with Gasteiger partial charge in [-0.3, -0.25) is 4.79 Å². The van der Waals surface area contributed by atoms with Gasteiger partial charge in [0.2, 0.25) is 0 Å². The van der Waals surface area contributed by atoms with Crippen molar-refractivity contribution in [2.45, 2.75) is 25.7 Å². The van der Waals surface area contributed by atoms with E-state index in [0.29, 0.717) is 11.5 Å². The molecule has 4 heteroatoms. The van der Waals surface area contributed by atoms with E-state index in [9.17, 15) is 4.79 Å². The zero-order chi connectivity index (χ0) is 13.7. The molecule has 1 atom stereocenters. The van der Waals surface area contributed by atoms with Gasteiger partial charge in [-0.25, -0.2) is 0 Å². The van der Waals surface area contributed by atoms with Crippen molar-refractivity contribution in [3.8, 4) is 6.07 Å². The fraction of sp³-hybridized carbons (Fsp3) is 0.467. The van der Waals surface area contributed by atoms with E-state index in [2.05, 4.69) is 11.0 Å². The Morgan fingerprint density at radius 3 is 3.11 bits per heavy atom. The van der Waals surface area contributed by atoms with Crippen LogP contribution in [0.4, 0.5) is 5.69 Å². The van der Waals surface area contributed by atoms with Crippen LogP contribution in [0.1, 0.15) is 31.2 Å². The first-order valence-corrected chi connectivity index (χ1v) is 6.66. The third-order valence-electron chi connectivity index (χ3n) is 3.63. The molecule has 19 heavy (non-hydrogen) atoms. The normalized spacial score (nSPS) is 18.9. The molecule has 1 aromatic carbocycles. The van der Waals surface area contributed by atoms with E-state index >= 15 is 0 Å². The number of hydrogen-bond acceptors (Lipinski definition) is 3. The minimum Gasteiger partial charge on any atom is -0.481 e. The van der Waals surface area contributed by atoms with Crippen LogP contribution in [0.2, 0.25) is 0 Å². The van der Waals surface area contributed by atoms with Crippen LogP contribution in [0, 0.1) is 17.2 Å². The monoisotopic (exact) mass is 258 g/mol. The predicted octanol–water partition coefficient (Wildman–Crippen LogP) is 2.64. The molecule has 0 saturated carbocycles. The highest BCUT2D eigenvalue weighted by Gasteiger charge is 2.20. The van der Waals surface area contributed by atoms with Gasteiger partial charge in [-0.15, -0.1) is 0 Å². The van der Waals surface area contributed by atoms with Crippen LogP contribution in [-0.4, -0.2) is 24.2 Å². The Labute approximate surface area is 113 Å². The standard InChI is InChI=1S/C15H18N2O2/c16-10-13-3-1-5-14(9-13)17-8-2-4-12(11-17)6-7-15(18)19/h1,3,5,9,12H,2,4,6-8,11H2,(H,18,19). The highest BCUT2D eigenvalue weighted by molar-refractivity contribution is 5.66. The van der Waals surface area contributed by atoms with Gasteiger partial charge in [0, 0.05) is 25.2 Å². The first-order chi connectivity index (χ1) is 9.19. The van der Waals surface area contributed by atoms with Crippen molar-refractivity contribution < 1.29 is 9.90 Å². The van der Waals surface area contributed by atoms with E-state index in [1.807, 2.05) is 18.2 Å². The number of carboxylic acids is 1. The maximum atomic E-state index is 10.6. The summed E-state index contributed by atoms with van der Waals surface area (Å²) in [5, 5.41) is 17.7. The molecule has 1 aromatic rings. The molecule has 0 aliphatic carbocycles. The van der Waals surface area contributed by atoms with E-state index < -0.39 is 5.97 Å². The molecule has 0 spiro atoms. The lowest BCUT2D eigenvalue weighted by Gasteiger charge is -2.34. The fourth-order valence-electron chi connectivity index (χ4n) is 2.63. The number of benzene rings is 1. The molecule has 100 valence electrons. The predicted molar refractivity (Wildman–Crippen MR) is 73.0 cm³/mol. The van der Waals surface area contributed by atoms with Crippen LogP contribution in [0.15, 0.2) is 24.3 Å². The second-order valence-corrected chi connectivity index (χ2v) is 5.05. The summed E-state index contributed by atoms with van der Waals surface area (Å²) < 4.78 is 0. The highest BCUT2D eigenvalue weighted by Crippen LogP contribution is 2.26. The second-order valence-electron chi connectivity index (χ2n) is 5.05. The summed E-state index contributed by atoms with van der Waals surface area (Å²) in [6, 6.07) is 9.77. The Morgan fingerprint density at radius 2 is 2.37 bits per heavy atom. The molecule has 1 heterocycles. The first-order valence-electron chi connectivity index (χ1n) is 6.66. The number of nitriles is 1. The number of aliphatic carboxylic acids is 1. The van der Waals surface area contributed by atoms with E-state index in [4.69, 9.17) is 10.4 Å². The number of rotatable bonds is 4. The van der Waals surface area contributed by atoms with Crippen molar-refractivity contribution in [3.63, 3.8) is 0 Å². The number of piperidine rings is 1. The third-order valence-corrected chi connectivity index (χ3v) is 3.63. The summed E-state index contributed by atoms with van der Waals surface area (Å²) in [7, 11) is 0. The van der Waals surface area contributed by atoms with Gasteiger partial charge in [0.25, 0.3) is 0 Å². The zero-order valence-electron chi connectivity index (χ0n) is 10.9. The van der Waals surface area contributed by atoms with Crippen LogP contribution in [-0.2, 0) is 4.79 Å². The Morgan fingerprint density at radius 1 is 1.53 bits per heavy atom. The molecule has 1 aliphatic rings. The van der Waals surface area contributed by atoms with Crippen molar-refractivity contribution in [2.75, 3.05) is 18.0 Å². The van der Waals surface area contributed by atoms with E-state index in [1.165, 1.54) is 0 Å². The minimum atomic E-state index is -0.719. The lowest BCUT2D eigenvalue weighted by Crippen LogP contribution is -2.35. The van der Waals surface area contributed by atoms with Crippen LogP contribution in [0.5, 0.6) is 0 Å². The smallest absolute Gasteiger partial charge is 0.303 e. The zero-order valence-corrected chi connectivity index (χ0v) is 10.9. The van der Waals surface area contributed by atoms with Gasteiger partial charge in [-0.05, 0) is 43.4 Å². The van der Waals surface area contributed by atoms with Crippen LogP contribution in [0.3, 0.4) is 0 Å². The summed E-state index contributed by atoms with van der Waals surface area (Å²) in [4.78, 5) is 12.9. The molecule has 0 aromatic heterocycles. The molecule has 0 radical (unpaired) electrons. The molecule has 4 nitrogen and oxygen atoms in total. The van der Waals surface area contributed by atoms with E-state index in [0.717, 1.165) is 38.0 Å². The maximum absolute atomic E-state index is 10.6. The molecular formula is C15H18N2O2. The third kappa shape index (κ3) is 3.72. The molecule has 0 bridgehead atoms. The Bertz CT molecular complexity index is 493. The Kier molecular flexibility index (Phi) is 4.40. The number of anilines is 1. The van der Waals surface area contributed by atoms with Gasteiger partial charge in [0.1, 0.15) is 0 Å². The molecule has 0 amide bonds. The van der Waals surface area contributed by atoms with E-state index in [-0.39, 0.29) is 6.42 Å². The van der Waals surface area contributed by atoms with Crippen molar-refractivity contribution in [2.24, 2.45) is 5.92 Å². The van der Waals surface area contributed by atoms with E-state index in [1.54, 1.807) is 6.07 Å². The SMILES string of the molecule is N#Cc1cccc(N2CCCC(CCC(=O)O)C2)c1. The molecule has 2 rings (SSSR count). The Hall–Kier alpha value is -2.02. The van der Waals surface area contributed by atoms with Crippen molar-refractivity contribution >= 4 is 11.7 Å². The lowest BCUT2D eigenvalue weighted by atomic mass is 9.93. The topological polar surface area (TPSA) is 64.3 Å². The summed E-state index contributed by atoms with van der Waals surface area (Å²) in [6.45, 7) is 1.88. The molecule has 1 fully saturated rings. The van der Waals surface area contributed by atoms with Gasteiger partial charge in [0.15, 0.2) is 0 Å². The van der Waals surface area contributed by atoms with Crippen LogP contribution in [0.25, 0.3) is 0 Å². The van der Waals surface area contributed by atoms with Gasteiger partial charge in [-0.1, -0.05) is 6.07 Å². The average Bonchev–Trinajstić information content (AvgIpc) is 2.45. The number of nitrogens with zero attached hydrogens (tertiary/aromatic N) is 2. The molecule has 1 aliphatic heterocycles. The summed E-state index contributed by atoms with van der Waals surface area (Å²) in [6.07, 6.45) is 3.17. The van der Waals surface area contributed by atoms with Crippen molar-refractivity contribution in [1.82, 2.24) is 0 Å². The van der Waals surface area contributed by atoms with Gasteiger partial charge < -0.3 is 10.0 Å². The average molecular weight is 258 g/mol. The second kappa shape index (κ2) is 6.24. The number of hydrogen-bond donors (Lipinski definition) is 1. The number of carboxylic acid groups (broad SMARTS) is 1. The van der Waals surface area contributed by atoms with Gasteiger partial charge >= 0.3 is 5.97 Å². The lowest BCUT2D eigenvalue weighted by molar-refractivity contribution is -0.137. The quantitative estimate of drug-likeness (QED) is 0.901. The molecule has 1 N–H and O–H groups in total. The largest absolute Gasteiger partial charge is 0.481 e. The summed E-state index contributed by atoms with van der Waals surface area (Å²) in [5.41, 5.74) is 1.74. The molecular weight excluding hydrogens is 240 g/mol. The fourth-order valence-corrected chi connectivity index (χ4v) is 2.63.